The average Bonchev–Trinajstić information content (AvgIpc) is 2.78. The van der Waals surface area contributed by atoms with E-state index in [1.165, 1.54) is 0 Å². The van der Waals surface area contributed by atoms with Gasteiger partial charge in [0, 0.05) is 23.2 Å². The number of nitrogens with zero attached hydrogens (tertiary/aromatic N) is 4. The van der Waals surface area contributed by atoms with Gasteiger partial charge in [-0.1, -0.05) is 41.5 Å². The van der Waals surface area contributed by atoms with Gasteiger partial charge in [-0.2, -0.15) is 5.10 Å². The third-order valence-corrected chi connectivity index (χ3v) is 4.10. The molecule has 0 aliphatic carbocycles. The van der Waals surface area contributed by atoms with E-state index in [1.54, 1.807) is 18.6 Å². The van der Waals surface area contributed by atoms with Gasteiger partial charge in [-0.25, -0.2) is 4.99 Å². The van der Waals surface area contributed by atoms with Crippen molar-refractivity contribution in [1.29, 1.82) is 0 Å². The summed E-state index contributed by atoms with van der Waals surface area (Å²) in [7, 11) is 0. The zero-order chi connectivity index (χ0) is 17.3. The van der Waals surface area contributed by atoms with Crippen molar-refractivity contribution < 1.29 is 0 Å². The molecule has 0 spiro atoms. The van der Waals surface area contributed by atoms with Gasteiger partial charge < -0.3 is 0 Å². The fourth-order valence-electron chi connectivity index (χ4n) is 2.12. The van der Waals surface area contributed by atoms with Crippen LogP contribution < -0.4 is 5.43 Å². The van der Waals surface area contributed by atoms with Gasteiger partial charge >= 0.3 is 0 Å². The van der Waals surface area contributed by atoms with Crippen LogP contribution in [-0.2, 0) is 0 Å². The number of rotatable bonds is 2. The highest BCUT2D eigenvalue weighted by Crippen LogP contribution is 2.39. The second kappa shape index (κ2) is 5.87. The lowest BCUT2D eigenvalue weighted by Gasteiger charge is -2.33. The van der Waals surface area contributed by atoms with E-state index >= 15 is 0 Å². The van der Waals surface area contributed by atoms with E-state index in [9.17, 15) is 0 Å². The van der Waals surface area contributed by atoms with E-state index in [0.29, 0.717) is 0 Å². The first-order chi connectivity index (χ1) is 10.5. The minimum atomic E-state index is -0.482. The van der Waals surface area contributed by atoms with E-state index in [0.717, 1.165) is 17.1 Å². The van der Waals surface area contributed by atoms with Crippen molar-refractivity contribution in [2.75, 3.05) is 0 Å². The van der Waals surface area contributed by atoms with Gasteiger partial charge in [0.1, 0.15) is 0 Å². The number of amidine groups is 1. The highest BCUT2D eigenvalue weighted by Gasteiger charge is 2.44. The third kappa shape index (κ3) is 3.84. The molecule has 2 rings (SSSR count). The standard InChI is InChI=1S/C18H27N5/c1-16(2,3)14-15(22-18(7,21-14)17(4,5)6)23-20-12-13-8-10-19-11-9-13/h8-12H,1-7H3,(H,22,23)/b20-12+. The Morgan fingerprint density at radius 2 is 1.65 bits per heavy atom. The topological polar surface area (TPSA) is 62.0 Å². The second-order valence-electron chi connectivity index (χ2n) is 8.09. The lowest BCUT2D eigenvalue weighted by Crippen LogP contribution is -2.35. The lowest BCUT2D eigenvalue weighted by atomic mass is 9.82. The Morgan fingerprint density at radius 1 is 1.04 bits per heavy atom. The molecule has 5 nitrogen and oxygen atoms in total. The van der Waals surface area contributed by atoms with Crippen LogP contribution in [0, 0.1) is 10.8 Å². The molecule has 1 aliphatic heterocycles. The predicted molar refractivity (Wildman–Crippen MR) is 97.2 cm³/mol. The number of hydrazone groups is 1. The number of pyridine rings is 1. The molecule has 0 amide bonds. The molecule has 1 aromatic heterocycles. The van der Waals surface area contributed by atoms with Crippen LogP contribution in [0.2, 0.25) is 0 Å². The molecule has 1 aliphatic rings. The normalized spacial score (nSPS) is 22.2. The van der Waals surface area contributed by atoms with Crippen LogP contribution in [-0.4, -0.2) is 28.4 Å². The zero-order valence-electron chi connectivity index (χ0n) is 15.2. The van der Waals surface area contributed by atoms with Crippen LogP contribution >= 0.6 is 0 Å². The molecule has 0 fully saturated rings. The van der Waals surface area contributed by atoms with Crippen molar-refractivity contribution in [2.45, 2.75) is 54.1 Å². The van der Waals surface area contributed by atoms with Crippen molar-refractivity contribution in [2.24, 2.45) is 25.9 Å². The van der Waals surface area contributed by atoms with Gasteiger partial charge in [-0.15, -0.1) is 0 Å². The Kier molecular flexibility index (Phi) is 4.42. The molecule has 0 saturated heterocycles. The maximum atomic E-state index is 4.94. The quantitative estimate of drug-likeness (QED) is 0.669. The molecule has 1 aromatic rings. The molecule has 0 saturated carbocycles. The maximum Gasteiger partial charge on any atom is 0.166 e. The Hall–Kier alpha value is -2.04. The largest absolute Gasteiger partial charge is 0.265 e. The molecule has 0 radical (unpaired) electrons. The van der Waals surface area contributed by atoms with Crippen LogP contribution in [0.4, 0.5) is 0 Å². The number of hydrogen-bond acceptors (Lipinski definition) is 5. The Bertz CT molecular complexity index is 644. The summed E-state index contributed by atoms with van der Waals surface area (Å²) in [4.78, 5) is 13.8. The first-order valence-corrected chi connectivity index (χ1v) is 7.93. The Labute approximate surface area is 139 Å². The molecule has 124 valence electrons. The van der Waals surface area contributed by atoms with Crippen molar-refractivity contribution in [3.8, 4) is 0 Å². The van der Waals surface area contributed by atoms with Gasteiger partial charge in [0.15, 0.2) is 11.5 Å². The zero-order valence-corrected chi connectivity index (χ0v) is 15.2. The van der Waals surface area contributed by atoms with Gasteiger partial charge in [-0.3, -0.25) is 15.4 Å². The minimum absolute atomic E-state index is 0.0677. The summed E-state index contributed by atoms with van der Waals surface area (Å²) < 4.78 is 0. The average molecular weight is 313 g/mol. The van der Waals surface area contributed by atoms with Crippen molar-refractivity contribution >= 4 is 17.8 Å². The highest BCUT2D eigenvalue weighted by molar-refractivity contribution is 6.44. The fraction of sp³-hybridized carbons (Fsp3) is 0.556. The summed E-state index contributed by atoms with van der Waals surface area (Å²) in [6.07, 6.45) is 5.25. The van der Waals surface area contributed by atoms with Gasteiger partial charge in [0.05, 0.1) is 11.9 Å². The summed E-state index contributed by atoms with van der Waals surface area (Å²) in [6, 6.07) is 3.80. The number of aromatic nitrogens is 1. The van der Waals surface area contributed by atoms with E-state index in [4.69, 9.17) is 9.98 Å². The van der Waals surface area contributed by atoms with Crippen molar-refractivity contribution in [3.05, 3.63) is 30.1 Å². The van der Waals surface area contributed by atoms with E-state index in [2.05, 4.69) is 64.0 Å². The van der Waals surface area contributed by atoms with Crippen molar-refractivity contribution in [1.82, 2.24) is 10.4 Å². The van der Waals surface area contributed by atoms with Crippen LogP contribution in [0.15, 0.2) is 39.6 Å². The molecule has 1 atom stereocenters. The molecule has 0 aromatic carbocycles. The monoisotopic (exact) mass is 313 g/mol. The summed E-state index contributed by atoms with van der Waals surface area (Å²) in [6.45, 7) is 15.0. The first kappa shape index (κ1) is 17.3. The van der Waals surface area contributed by atoms with Crippen molar-refractivity contribution in [3.63, 3.8) is 0 Å². The van der Waals surface area contributed by atoms with Crippen LogP contribution in [0.25, 0.3) is 0 Å². The summed E-state index contributed by atoms with van der Waals surface area (Å²) in [5, 5.41) is 4.32. The smallest absolute Gasteiger partial charge is 0.166 e. The van der Waals surface area contributed by atoms with E-state index in [1.807, 2.05) is 12.1 Å². The first-order valence-electron chi connectivity index (χ1n) is 7.93. The summed E-state index contributed by atoms with van der Waals surface area (Å²) in [5.74, 6) is 0.750. The van der Waals surface area contributed by atoms with Gasteiger partial charge in [0.2, 0.25) is 0 Å². The van der Waals surface area contributed by atoms with Crippen LogP contribution in [0.3, 0.4) is 0 Å². The highest BCUT2D eigenvalue weighted by atomic mass is 15.4. The lowest BCUT2D eigenvalue weighted by molar-refractivity contribution is 0.224. The van der Waals surface area contributed by atoms with Crippen LogP contribution in [0.5, 0.6) is 0 Å². The summed E-state index contributed by atoms with van der Waals surface area (Å²) in [5.41, 5.74) is 4.38. The maximum absolute atomic E-state index is 4.94. The predicted octanol–water partition coefficient (Wildman–Crippen LogP) is 3.67. The molecule has 5 heteroatoms. The van der Waals surface area contributed by atoms with Gasteiger partial charge in [-0.05, 0) is 24.6 Å². The Morgan fingerprint density at radius 3 is 2.17 bits per heavy atom. The molecule has 1 unspecified atom stereocenters. The van der Waals surface area contributed by atoms with Crippen LogP contribution in [0.1, 0.15) is 54.0 Å². The summed E-state index contributed by atoms with van der Waals surface area (Å²) >= 11 is 0. The Balaban J connectivity index is 2.27. The van der Waals surface area contributed by atoms with Gasteiger partial charge in [0.25, 0.3) is 0 Å². The number of aliphatic imine (C=N–C) groups is 2. The molecule has 2 heterocycles. The number of hydrogen-bond donors (Lipinski definition) is 1. The van der Waals surface area contributed by atoms with E-state index in [-0.39, 0.29) is 10.8 Å². The SMILES string of the molecule is CC(C)(C)C1=NC(C)(C(C)(C)C)N=C1N/N=C/c1ccncc1. The minimum Gasteiger partial charge on any atom is -0.265 e. The molecular formula is C18H27N5. The fourth-order valence-corrected chi connectivity index (χ4v) is 2.12. The second-order valence-corrected chi connectivity index (χ2v) is 8.09. The molecule has 23 heavy (non-hydrogen) atoms. The van der Waals surface area contributed by atoms with E-state index < -0.39 is 5.66 Å². The number of nitrogens with one attached hydrogen (secondary N) is 1. The molecular weight excluding hydrogens is 286 g/mol. The molecule has 1 N–H and O–H groups in total. The molecule has 0 bridgehead atoms. The third-order valence-electron chi connectivity index (χ3n) is 4.10.